The number of pyridine rings is 1. The second kappa shape index (κ2) is 4.64. The maximum absolute atomic E-state index is 13.4. The zero-order valence-electron chi connectivity index (χ0n) is 9.43. The van der Waals surface area contributed by atoms with Crippen LogP contribution >= 0.6 is 0 Å². The van der Waals surface area contributed by atoms with E-state index in [1.807, 2.05) is 0 Å². The zero-order chi connectivity index (χ0) is 13.3. The molecule has 0 aliphatic heterocycles. The molecule has 18 heavy (non-hydrogen) atoms. The molecule has 0 aliphatic rings. The van der Waals surface area contributed by atoms with Gasteiger partial charge in [0.15, 0.2) is 17.5 Å². The molecule has 2 rings (SSSR count). The molecular weight excluding hydrogens is 245 g/mol. The summed E-state index contributed by atoms with van der Waals surface area (Å²) in [4.78, 5) is 15.2. The highest BCUT2D eigenvalue weighted by Gasteiger charge is 2.16. The molecule has 0 aliphatic carbocycles. The van der Waals surface area contributed by atoms with Crippen LogP contribution in [-0.4, -0.2) is 17.4 Å². The number of benzene rings is 1. The van der Waals surface area contributed by atoms with Gasteiger partial charge in [0.05, 0.1) is 5.56 Å². The van der Waals surface area contributed by atoms with Gasteiger partial charge in [-0.1, -0.05) is 0 Å². The summed E-state index contributed by atoms with van der Waals surface area (Å²) in [7, 11) is 0. The van der Waals surface area contributed by atoms with E-state index in [4.69, 9.17) is 0 Å². The summed E-state index contributed by atoms with van der Waals surface area (Å²) in [5.74, 6) is -4.64. The lowest BCUT2D eigenvalue weighted by Crippen LogP contribution is -2.22. The van der Waals surface area contributed by atoms with Gasteiger partial charge in [0, 0.05) is 18.1 Å². The van der Waals surface area contributed by atoms with Crippen molar-refractivity contribution in [3.63, 3.8) is 0 Å². The minimum absolute atomic E-state index is 0.0372. The second-order valence-electron chi connectivity index (χ2n) is 3.64. The van der Waals surface area contributed by atoms with Crippen molar-refractivity contribution in [2.24, 2.45) is 0 Å². The Kier molecular flexibility index (Phi) is 3.18. The van der Waals surface area contributed by atoms with Crippen molar-refractivity contribution in [2.75, 3.05) is 6.54 Å². The molecule has 3 nitrogen and oxygen atoms in total. The maximum atomic E-state index is 13.4. The minimum atomic E-state index is -1.57. The van der Waals surface area contributed by atoms with E-state index in [2.05, 4.69) is 10.3 Å². The number of rotatable bonds is 2. The Labute approximate surface area is 101 Å². The van der Waals surface area contributed by atoms with Gasteiger partial charge >= 0.3 is 0 Å². The van der Waals surface area contributed by atoms with Gasteiger partial charge in [0.2, 0.25) is 0 Å². The summed E-state index contributed by atoms with van der Waals surface area (Å²) in [5.41, 5.74) is -0.142. The quantitative estimate of drug-likeness (QED) is 0.836. The Morgan fingerprint density at radius 3 is 2.67 bits per heavy atom. The molecule has 0 bridgehead atoms. The number of nitrogens with zero attached hydrogens (tertiary/aromatic N) is 1. The maximum Gasteiger partial charge on any atom is 0.252 e. The molecule has 0 spiro atoms. The van der Waals surface area contributed by atoms with Crippen LogP contribution in [0.15, 0.2) is 18.3 Å². The van der Waals surface area contributed by atoms with Crippen molar-refractivity contribution in [2.45, 2.75) is 6.92 Å². The molecule has 0 atom stereocenters. The van der Waals surface area contributed by atoms with Crippen LogP contribution < -0.4 is 5.32 Å². The summed E-state index contributed by atoms with van der Waals surface area (Å²) in [6.45, 7) is 2.16. The summed E-state index contributed by atoms with van der Waals surface area (Å²) in [6, 6.07) is 2.07. The number of amides is 1. The van der Waals surface area contributed by atoms with Gasteiger partial charge in [-0.05, 0) is 19.1 Å². The molecule has 2 aromatic rings. The fraction of sp³-hybridized carbons (Fsp3) is 0.167. The van der Waals surface area contributed by atoms with Gasteiger partial charge in [-0.25, -0.2) is 13.2 Å². The van der Waals surface area contributed by atoms with Gasteiger partial charge in [0.1, 0.15) is 5.52 Å². The van der Waals surface area contributed by atoms with Crippen LogP contribution in [-0.2, 0) is 0 Å². The average molecular weight is 254 g/mol. The average Bonchev–Trinajstić information content (AvgIpc) is 2.36. The van der Waals surface area contributed by atoms with E-state index < -0.39 is 23.4 Å². The number of carbonyl (C=O) groups excluding carboxylic acids is 1. The van der Waals surface area contributed by atoms with E-state index in [1.54, 1.807) is 6.92 Å². The number of hydrogen-bond acceptors (Lipinski definition) is 2. The lowest BCUT2D eigenvalue weighted by Gasteiger charge is -2.05. The van der Waals surface area contributed by atoms with E-state index in [1.165, 1.54) is 6.07 Å². The molecule has 0 fully saturated rings. The molecular formula is C12H9F3N2O. The monoisotopic (exact) mass is 254 g/mol. The zero-order valence-corrected chi connectivity index (χ0v) is 9.43. The first-order valence-electron chi connectivity index (χ1n) is 5.26. The van der Waals surface area contributed by atoms with Crippen LogP contribution in [0, 0.1) is 17.5 Å². The third kappa shape index (κ3) is 2.01. The molecule has 1 aromatic carbocycles. The molecule has 0 unspecified atom stereocenters. The smallest absolute Gasteiger partial charge is 0.252 e. The number of nitrogens with one attached hydrogen (secondary N) is 1. The van der Waals surface area contributed by atoms with Crippen LogP contribution in [0.5, 0.6) is 0 Å². The predicted molar refractivity (Wildman–Crippen MR) is 59.6 cm³/mol. The number of aromatic nitrogens is 1. The van der Waals surface area contributed by atoms with E-state index in [0.29, 0.717) is 6.54 Å². The topological polar surface area (TPSA) is 42.0 Å². The lowest BCUT2D eigenvalue weighted by atomic mass is 10.1. The Bertz CT molecular complexity index is 628. The first-order valence-corrected chi connectivity index (χ1v) is 5.26. The van der Waals surface area contributed by atoms with Gasteiger partial charge in [0.25, 0.3) is 5.91 Å². The largest absolute Gasteiger partial charge is 0.352 e. The van der Waals surface area contributed by atoms with E-state index in [9.17, 15) is 18.0 Å². The first kappa shape index (κ1) is 12.3. The van der Waals surface area contributed by atoms with Crippen LogP contribution in [0.2, 0.25) is 0 Å². The third-order valence-corrected chi connectivity index (χ3v) is 2.41. The minimum Gasteiger partial charge on any atom is -0.352 e. The molecule has 94 valence electrons. The normalized spacial score (nSPS) is 10.7. The molecule has 1 N–H and O–H groups in total. The lowest BCUT2D eigenvalue weighted by molar-refractivity contribution is 0.0955. The number of carbonyl (C=O) groups is 1. The van der Waals surface area contributed by atoms with Gasteiger partial charge in [-0.2, -0.15) is 0 Å². The van der Waals surface area contributed by atoms with Crippen LogP contribution in [0.3, 0.4) is 0 Å². The second-order valence-corrected chi connectivity index (χ2v) is 3.64. The summed E-state index contributed by atoms with van der Waals surface area (Å²) < 4.78 is 39.4. The van der Waals surface area contributed by atoms with Crippen molar-refractivity contribution >= 4 is 16.8 Å². The summed E-state index contributed by atoms with van der Waals surface area (Å²) >= 11 is 0. The first-order chi connectivity index (χ1) is 8.54. The molecule has 1 heterocycles. The molecule has 1 amide bonds. The predicted octanol–water partition coefficient (Wildman–Crippen LogP) is 2.40. The van der Waals surface area contributed by atoms with E-state index in [-0.39, 0.29) is 16.5 Å². The SMILES string of the molecule is CCNC(=O)c1cnc2c(F)c(F)c(F)cc2c1. The third-order valence-electron chi connectivity index (χ3n) is 2.41. The number of hydrogen-bond donors (Lipinski definition) is 1. The van der Waals surface area contributed by atoms with Gasteiger partial charge in [-0.15, -0.1) is 0 Å². The molecule has 0 saturated carbocycles. The highest BCUT2D eigenvalue weighted by Crippen LogP contribution is 2.21. The Morgan fingerprint density at radius 2 is 2.00 bits per heavy atom. The van der Waals surface area contributed by atoms with Crippen molar-refractivity contribution in [3.8, 4) is 0 Å². The Morgan fingerprint density at radius 1 is 1.28 bits per heavy atom. The number of fused-ring (bicyclic) bond motifs is 1. The molecule has 0 saturated heterocycles. The fourth-order valence-electron chi connectivity index (χ4n) is 1.57. The highest BCUT2D eigenvalue weighted by molar-refractivity contribution is 5.97. The van der Waals surface area contributed by atoms with Crippen molar-refractivity contribution in [1.82, 2.24) is 10.3 Å². The van der Waals surface area contributed by atoms with Crippen molar-refractivity contribution in [1.29, 1.82) is 0 Å². The van der Waals surface area contributed by atoms with E-state index >= 15 is 0 Å². The summed E-state index contributed by atoms with van der Waals surface area (Å²) in [5, 5.41) is 2.56. The van der Waals surface area contributed by atoms with Crippen LogP contribution in [0.4, 0.5) is 13.2 Å². The highest BCUT2D eigenvalue weighted by atomic mass is 19.2. The van der Waals surface area contributed by atoms with Crippen molar-refractivity contribution in [3.05, 3.63) is 41.3 Å². The molecule has 1 aromatic heterocycles. The number of halogens is 3. The fourth-order valence-corrected chi connectivity index (χ4v) is 1.57. The van der Waals surface area contributed by atoms with E-state index in [0.717, 1.165) is 12.3 Å². The standard InChI is InChI=1S/C12H9F3N2O/c1-2-16-12(18)7-3-6-4-8(13)9(14)10(15)11(6)17-5-7/h3-5H,2H2,1H3,(H,16,18). The Balaban J connectivity index is 2.59. The molecule has 0 radical (unpaired) electrons. The van der Waals surface area contributed by atoms with Crippen LogP contribution in [0.1, 0.15) is 17.3 Å². The summed E-state index contributed by atoms with van der Waals surface area (Å²) in [6.07, 6.45) is 1.12. The Hall–Kier alpha value is -2.11. The van der Waals surface area contributed by atoms with Gasteiger partial charge < -0.3 is 5.32 Å². The molecule has 6 heteroatoms. The van der Waals surface area contributed by atoms with Crippen LogP contribution in [0.25, 0.3) is 10.9 Å². The van der Waals surface area contributed by atoms with Gasteiger partial charge in [-0.3, -0.25) is 9.78 Å². The van der Waals surface area contributed by atoms with Crippen molar-refractivity contribution < 1.29 is 18.0 Å².